The lowest BCUT2D eigenvalue weighted by molar-refractivity contribution is -0.274. The van der Waals surface area contributed by atoms with E-state index in [0.717, 1.165) is 19.2 Å². The number of nitriles is 1. The zero-order valence-corrected chi connectivity index (χ0v) is 14.1. The van der Waals surface area contributed by atoms with Crippen molar-refractivity contribution in [2.45, 2.75) is 6.36 Å². The minimum atomic E-state index is -4.84. The normalized spacial score (nSPS) is 11.1. The number of hydrogen-bond donors (Lipinski definition) is 0. The maximum Gasteiger partial charge on any atom is 0.573 e. The van der Waals surface area contributed by atoms with Crippen molar-refractivity contribution in [2.24, 2.45) is 0 Å². The summed E-state index contributed by atoms with van der Waals surface area (Å²) in [7, 11) is 1.07. The Hall–Kier alpha value is -3.87. The van der Waals surface area contributed by atoms with Gasteiger partial charge in [-0.1, -0.05) is 6.07 Å². The van der Waals surface area contributed by atoms with Gasteiger partial charge in [0.25, 0.3) is 0 Å². The number of hydrogen-bond acceptors (Lipinski definition) is 6. The molecule has 0 saturated carbocycles. The number of aromatic nitrogens is 2. The second-order valence-electron chi connectivity index (χ2n) is 5.43. The number of carbonyl (C=O) groups excluding carboxylic acids is 1. The van der Waals surface area contributed by atoms with Crippen LogP contribution in [0.4, 0.5) is 13.2 Å². The summed E-state index contributed by atoms with van der Waals surface area (Å²) in [6, 6.07) is 10.9. The Labute approximate surface area is 155 Å². The van der Waals surface area contributed by atoms with Gasteiger partial charge in [-0.15, -0.1) is 13.2 Å². The molecule has 2 aromatic carbocycles. The highest BCUT2D eigenvalue weighted by Gasteiger charge is 2.31. The summed E-state index contributed by atoms with van der Waals surface area (Å²) < 4.78 is 46.5. The topological polar surface area (TPSA) is 94.2 Å². The minimum Gasteiger partial charge on any atom is -0.464 e. The number of nitrogens with zero attached hydrogens (tertiary/aromatic N) is 3. The molecule has 0 aliphatic heterocycles. The number of methoxy groups -OCH3 is 1. The monoisotopic (exact) mass is 389 g/mol. The molecule has 0 bridgehead atoms. The molecule has 0 aliphatic rings. The molecule has 0 aliphatic carbocycles. The molecule has 0 radical (unpaired) electrons. The molecular formula is C18H10F3N3O4. The van der Waals surface area contributed by atoms with Crippen molar-refractivity contribution in [3.8, 4) is 17.5 Å². The zero-order chi connectivity index (χ0) is 20.5. The van der Waals surface area contributed by atoms with Gasteiger partial charge in [-0.25, -0.2) is 9.48 Å². The average Bonchev–Trinajstić information content (AvgIpc) is 2.67. The van der Waals surface area contributed by atoms with Gasteiger partial charge in [0.05, 0.1) is 35.3 Å². The van der Waals surface area contributed by atoms with Crippen LogP contribution in [0.15, 0.2) is 47.3 Å². The predicted octanol–water partition coefficient (Wildman–Crippen LogP) is 2.94. The van der Waals surface area contributed by atoms with Crippen molar-refractivity contribution in [2.75, 3.05) is 7.11 Å². The highest BCUT2D eigenvalue weighted by molar-refractivity contribution is 5.94. The van der Waals surface area contributed by atoms with Gasteiger partial charge in [0.15, 0.2) is 0 Å². The molecule has 3 rings (SSSR count). The summed E-state index contributed by atoms with van der Waals surface area (Å²) in [5, 5.41) is 13.2. The van der Waals surface area contributed by atoms with Crippen LogP contribution < -0.4 is 10.2 Å². The van der Waals surface area contributed by atoms with Crippen LogP contribution in [0.5, 0.6) is 5.75 Å². The van der Waals surface area contributed by atoms with E-state index in [2.05, 4.69) is 14.6 Å². The van der Waals surface area contributed by atoms with Crippen LogP contribution in [-0.4, -0.2) is 29.2 Å². The molecule has 0 atom stereocenters. The van der Waals surface area contributed by atoms with Crippen LogP contribution in [0.25, 0.3) is 16.6 Å². The van der Waals surface area contributed by atoms with Crippen molar-refractivity contribution in [3.05, 3.63) is 63.9 Å². The molecule has 142 valence electrons. The van der Waals surface area contributed by atoms with Crippen LogP contribution in [0.1, 0.15) is 16.1 Å². The Morgan fingerprint density at radius 2 is 1.86 bits per heavy atom. The van der Waals surface area contributed by atoms with Gasteiger partial charge in [0.1, 0.15) is 5.75 Å². The molecule has 7 nitrogen and oxygen atoms in total. The third kappa shape index (κ3) is 3.50. The van der Waals surface area contributed by atoms with E-state index >= 15 is 0 Å². The second-order valence-corrected chi connectivity index (χ2v) is 5.43. The lowest BCUT2D eigenvalue weighted by Gasteiger charge is -2.13. The second kappa shape index (κ2) is 7.03. The Balaban J connectivity index is 2.26. The number of halogens is 3. The largest absolute Gasteiger partial charge is 0.573 e. The Morgan fingerprint density at radius 1 is 1.18 bits per heavy atom. The van der Waals surface area contributed by atoms with E-state index in [4.69, 9.17) is 0 Å². The summed E-state index contributed by atoms with van der Waals surface area (Å²) in [4.78, 5) is 24.6. The molecule has 0 N–H and O–H groups in total. The molecule has 0 spiro atoms. The van der Waals surface area contributed by atoms with E-state index in [1.807, 2.05) is 6.07 Å². The Kier molecular flexibility index (Phi) is 4.75. The van der Waals surface area contributed by atoms with Gasteiger partial charge < -0.3 is 9.47 Å². The molecule has 1 aromatic heterocycles. The van der Waals surface area contributed by atoms with Gasteiger partial charge in [0, 0.05) is 0 Å². The number of alkyl halides is 3. The van der Waals surface area contributed by atoms with E-state index in [0.29, 0.717) is 0 Å². The number of ether oxygens (including phenoxy) is 2. The van der Waals surface area contributed by atoms with Crippen LogP contribution >= 0.6 is 0 Å². The maximum absolute atomic E-state index is 12.6. The third-order valence-electron chi connectivity index (χ3n) is 3.73. The van der Waals surface area contributed by atoms with Crippen LogP contribution in [0.3, 0.4) is 0 Å². The van der Waals surface area contributed by atoms with E-state index in [-0.39, 0.29) is 22.2 Å². The Bertz CT molecular complexity index is 1160. The molecule has 0 saturated heterocycles. The quantitative estimate of drug-likeness (QED) is 0.640. The van der Waals surface area contributed by atoms with Crippen LogP contribution in [-0.2, 0) is 4.74 Å². The molecule has 10 heteroatoms. The lowest BCUT2D eigenvalue weighted by Crippen LogP contribution is -2.24. The Morgan fingerprint density at radius 3 is 2.43 bits per heavy atom. The van der Waals surface area contributed by atoms with Crippen molar-refractivity contribution in [1.82, 2.24) is 9.78 Å². The minimum absolute atomic E-state index is 0.0147. The fourth-order valence-electron chi connectivity index (χ4n) is 2.58. The molecular weight excluding hydrogens is 379 g/mol. The fraction of sp³-hybridized carbons (Fsp3) is 0.111. The molecule has 0 unspecified atom stereocenters. The smallest absolute Gasteiger partial charge is 0.464 e. The maximum atomic E-state index is 12.6. The molecule has 3 aromatic rings. The van der Waals surface area contributed by atoms with Gasteiger partial charge in [-0.05, 0) is 36.4 Å². The summed E-state index contributed by atoms with van der Waals surface area (Å²) in [6.07, 6.45) is -4.84. The van der Waals surface area contributed by atoms with Gasteiger partial charge >= 0.3 is 12.3 Å². The summed E-state index contributed by atoms with van der Waals surface area (Å²) in [5.41, 5.74) is -0.901. The van der Waals surface area contributed by atoms with E-state index in [1.165, 1.54) is 35.0 Å². The standard InChI is InChI=1S/C18H10F3N3O4/c1-27-17(26)15-16(25)14-10(9-22)3-2-4-13(14)24(23-15)11-5-7-12(8-6-11)28-18(19,20)21/h2-8H,1H3. The highest BCUT2D eigenvalue weighted by Crippen LogP contribution is 2.25. The molecule has 1 heterocycles. The third-order valence-corrected chi connectivity index (χ3v) is 3.73. The summed E-state index contributed by atoms with van der Waals surface area (Å²) in [5.74, 6) is -1.46. The van der Waals surface area contributed by atoms with Crippen molar-refractivity contribution in [3.63, 3.8) is 0 Å². The number of carbonyl (C=O) groups is 1. The SMILES string of the molecule is COC(=O)c1nn(-c2ccc(OC(F)(F)F)cc2)c2cccc(C#N)c2c1=O. The van der Waals surface area contributed by atoms with Gasteiger partial charge in [-0.2, -0.15) is 10.4 Å². The number of benzene rings is 2. The van der Waals surface area contributed by atoms with E-state index < -0.39 is 29.2 Å². The fourth-order valence-corrected chi connectivity index (χ4v) is 2.58. The van der Waals surface area contributed by atoms with E-state index in [9.17, 15) is 28.0 Å². The molecule has 0 amide bonds. The number of fused-ring (bicyclic) bond motifs is 1. The first-order chi connectivity index (χ1) is 13.2. The van der Waals surface area contributed by atoms with Crippen LogP contribution in [0, 0.1) is 11.3 Å². The van der Waals surface area contributed by atoms with Gasteiger partial charge in [0.2, 0.25) is 11.1 Å². The average molecular weight is 389 g/mol. The number of rotatable bonds is 3. The summed E-state index contributed by atoms with van der Waals surface area (Å²) >= 11 is 0. The highest BCUT2D eigenvalue weighted by atomic mass is 19.4. The predicted molar refractivity (Wildman–Crippen MR) is 90.1 cm³/mol. The van der Waals surface area contributed by atoms with Crippen LogP contribution in [0.2, 0.25) is 0 Å². The first-order valence-corrected chi connectivity index (χ1v) is 7.66. The van der Waals surface area contributed by atoms with Crippen molar-refractivity contribution >= 4 is 16.9 Å². The summed E-state index contributed by atoms with van der Waals surface area (Å²) in [6.45, 7) is 0. The van der Waals surface area contributed by atoms with Gasteiger partial charge in [-0.3, -0.25) is 4.79 Å². The lowest BCUT2D eigenvalue weighted by atomic mass is 10.1. The number of esters is 1. The van der Waals surface area contributed by atoms with E-state index in [1.54, 1.807) is 0 Å². The van der Waals surface area contributed by atoms with Crippen molar-refractivity contribution < 1.29 is 27.4 Å². The van der Waals surface area contributed by atoms with Crippen molar-refractivity contribution in [1.29, 1.82) is 5.26 Å². The zero-order valence-electron chi connectivity index (χ0n) is 14.1. The molecule has 28 heavy (non-hydrogen) atoms. The first kappa shape index (κ1) is 18.9. The molecule has 0 fully saturated rings. The first-order valence-electron chi connectivity index (χ1n) is 7.66.